The monoisotopic (exact) mass is 631 g/mol. The first-order valence-corrected chi connectivity index (χ1v) is 16.8. The van der Waals surface area contributed by atoms with Gasteiger partial charge in [-0.15, -0.1) is 11.3 Å². The van der Waals surface area contributed by atoms with Crippen LogP contribution >= 0.6 is 11.3 Å². The Morgan fingerprint density at radius 1 is 0.417 bits per heavy atom. The van der Waals surface area contributed by atoms with Gasteiger partial charge in [-0.3, -0.25) is 0 Å². The first kappa shape index (κ1) is 27.0. The summed E-state index contributed by atoms with van der Waals surface area (Å²) in [6, 6.07) is 52.7. The first-order valence-electron chi connectivity index (χ1n) is 15.9. The zero-order valence-corrected chi connectivity index (χ0v) is 26.4. The fourth-order valence-electron chi connectivity index (χ4n) is 6.84. The lowest BCUT2D eigenvalue weighted by Crippen LogP contribution is -2.00. The largest absolute Gasteiger partial charge is 0.456 e. The van der Waals surface area contributed by atoms with E-state index in [0.717, 1.165) is 59.8 Å². The van der Waals surface area contributed by atoms with E-state index in [0.29, 0.717) is 17.5 Å². The van der Waals surface area contributed by atoms with Crippen molar-refractivity contribution in [3.63, 3.8) is 0 Å². The average molecular weight is 632 g/mol. The molecule has 0 saturated carbocycles. The van der Waals surface area contributed by atoms with Crippen molar-refractivity contribution < 1.29 is 4.42 Å². The van der Waals surface area contributed by atoms with E-state index >= 15 is 0 Å². The van der Waals surface area contributed by atoms with Gasteiger partial charge in [-0.25, -0.2) is 15.0 Å². The molecule has 224 valence electrons. The number of aromatic nitrogens is 3. The Morgan fingerprint density at radius 2 is 1.12 bits per heavy atom. The van der Waals surface area contributed by atoms with Gasteiger partial charge in [0.05, 0.1) is 0 Å². The summed E-state index contributed by atoms with van der Waals surface area (Å²) < 4.78 is 8.88. The summed E-state index contributed by atoms with van der Waals surface area (Å²) >= 11 is 1.78. The lowest BCUT2D eigenvalue weighted by Gasteiger charge is -2.11. The summed E-state index contributed by atoms with van der Waals surface area (Å²) in [6.45, 7) is 0. The van der Waals surface area contributed by atoms with Gasteiger partial charge in [0.1, 0.15) is 11.2 Å². The van der Waals surface area contributed by atoms with Crippen LogP contribution in [0.5, 0.6) is 0 Å². The Balaban J connectivity index is 1.26. The second kappa shape index (κ2) is 10.7. The molecule has 3 heterocycles. The maximum Gasteiger partial charge on any atom is 0.165 e. The van der Waals surface area contributed by atoms with Crippen molar-refractivity contribution in [2.45, 2.75) is 0 Å². The molecular formula is C43H25N3OS. The lowest BCUT2D eigenvalue weighted by atomic mass is 9.97. The highest BCUT2D eigenvalue weighted by Gasteiger charge is 2.20. The normalized spacial score (nSPS) is 11.8. The highest BCUT2D eigenvalue weighted by atomic mass is 32.1. The van der Waals surface area contributed by atoms with Crippen LogP contribution < -0.4 is 0 Å². The molecule has 0 amide bonds. The Bertz CT molecular complexity index is 2850. The van der Waals surface area contributed by atoms with Crippen molar-refractivity contribution in [2.24, 2.45) is 0 Å². The molecule has 5 heteroatoms. The van der Waals surface area contributed by atoms with Crippen LogP contribution in [-0.2, 0) is 0 Å². The fourth-order valence-corrected chi connectivity index (χ4v) is 8.05. The molecule has 0 atom stereocenters. The van der Waals surface area contributed by atoms with E-state index in [9.17, 15) is 0 Å². The summed E-state index contributed by atoms with van der Waals surface area (Å²) in [5.74, 6) is 1.87. The van der Waals surface area contributed by atoms with Crippen LogP contribution in [0.3, 0.4) is 0 Å². The third kappa shape index (κ3) is 4.33. The molecule has 0 aliphatic heterocycles. The number of hydrogen-bond donors (Lipinski definition) is 0. The molecule has 0 unspecified atom stereocenters. The minimum Gasteiger partial charge on any atom is -0.456 e. The molecule has 0 aliphatic rings. The fraction of sp³-hybridized carbons (Fsp3) is 0. The molecule has 0 saturated heterocycles. The molecule has 10 rings (SSSR count). The minimum absolute atomic E-state index is 0.598. The van der Waals surface area contributed by atoms with Crippen LogP contribution in [0.25, 0.3) is 98.2 Å². The van der Waals surface area contributed by atoms with Gasteiger partial charge in [0.15, 0.2) is 17.5 Å². The third-order valence-electron chi connectivity index (χ3n) is 9.11. The van der Waals surface area contributed by atoms with E-state index in [1.165, 1.54) is 20.9 Å². The zero-order chi connectivity index (χ0) is 31.6. The molecule has 10 aromatic rings. The predicted molar refractivity (Wildman–Crippen MR) is 199 cm³/mol. The van der Waals surface area contributed by atoms with Gasteiger partial charge < -0.3 is 4.42 Å². The standard InChI is InChI=1S/C43H25N3OS/c1-2-12-27(13-3-1)35-24-30(25-37-39(35)33-16-6-8-19-36(33)47-37)42-44-41(29-22-21-26-11-4-5-14-28(26)23-29)45-43(46-42)34-18-10-17-32-31-15-7-9-20-38(31)48-40(32)34/h1-25H. The molecule has 0 N–H and O–H groups in total. The van der Waals surface area contributed by atoms with E-state index in [2.05, 4.69) is 133 Å². The molecule has 4 nitrogen and oxygen atoms in total. The number of benzene rings is 7. The number of rotatable bonds is 4. The number of para-hydroxylation sites is 1. The molecule has 0 spiro atoms. The highest BCUT2D eigenvalue weighted by Crippen LogP contribution is 2.42. The molecule has 0 aliphatic carbocycles. The Labute approximate surface area is 279 Å². The van der Waals surface area contributed by atoms with Gasteiger partial charge in [0, 0.05) is 47.6 Å². The summed E-state index contributed by atoms with van der Waals surface area (Å²) in [7, 11) is 0. The minimum atomic E-state index is 0.598. The Kier molecular flexibility index (Phi) is 6.01. The molecule has 7 aromatic carbocycles. The summed E-state index contributed by atoms with van der Waals surface area (Å²) in [5, 5.41) is 6.93. The second-order valence-electron chi connectivity index (χ2n) is 12.0. The van der Waals surface area contributed by atoms with E-state index in [1.54, 1.807) is 11.3 Å². The van der Waals surface area contributed by atoms with Crippen LogP contribution in [0.1, 0.15) is 0 Å². The second-order valence-corrected chi connectivity index (χ2v) is 13.1. The first-order chi connectivity index (χ1) is 23.8. The Morgan fingerprint density at radius 3 is 2.02 bits per heavy atom. The maximum absolute atomic E-state index is 6.48. The van der Waals surface area contributed by atoms with Crippen LogP contribution in [-0.4, -0.2) is 15.0 Å². The molecule has 48 heavy (non-hydrogen) atoms. The topological polar surface area (TPSA) is 51.8 Å². The molecular weight excluding hydrogens is 607 g/mol. The average Bonchev–Trinajstić information content (AvgIpc) is 3.73. The maximum atomic E-state index is 6.48. The smallest absolute Gasteiger partial charge is 0.165 e. The number of thiophene rings is 1. The quantitative estimate of drug-likeness (QED) is 0.194. The van der Waals surface area contributed by atoms with Crippen molar-refractivity contribution in [3.8, 4) is 45.3 Å². The van der Waals surface area contributed by atoms with Gasteiger partial charge >= 0.3 is 0 Å². The van der Waals surface area contributed by atoms with Crippen LogP contribution in [0, 0.1) is 0 Å². The van der Waals surface area contributed by atoms with Crippen molar-refractivity contribution in [1.29, 1.82) is 0 Å². The Hall–Kier alpha value is -6.17. The SMILES string of the molecule is c1ccc(-c2cc(-c3nc(-c4ccc5ccccc5c4)nc(-c4cccc5c4sc4ccccc45)n3)cc3oc4ccccc4c23)cc1. The van der Waals surface area contributed by atoms with Gasteiger partial charge in [-0.05, 0) is 58.3 Å². The predicted octanol–water partition coefficient (Wildman–Crippen LogP) is 12.0. The van der Waals surface area contributed by atoms with E-state index in [-0.39, 0.29) is 0 Å². The van der Waals surface area contributed by atoms with Crippen molar-refractivity contribution in [2.75, 3.05) is 0 Å². The van der Waals surface area contributed by atoms with E-state index in [1.807, 2.05) is 18.2 Å². The third-order valence-corrected chi connectivity index (χ3v) is 10.3. The zero-order valence-electron chi connectivity index (χ0n) is 25.6. The summed E-state index contributed by atoms with van der Waals surface area (Å²) in [6.07, 6.45) is 0. The summed E-state index contributed by atoms with van der Waals surface area (Å²) in [5.41, 5.74) is 6.64. The van der Waals surface area contributed by atoms with Crippen molar-refractivity contribution >= 4 is 64.2 Å². The number of nitrogens with zero attached hydrogens (tertiary/aromatic N) is 3. The van der Waals surface area contributed by atoms with Gasteiger partial charge in [-0.2, -0.15) is 0 Å². The lowest BCUT2D eigenvalue weighted by molar-refractivity contribution is 0.669. The van der Waals surface area contributed by atoms with Gasteiger partial charge in [0.25, 0.3) is 0 Å². The molecule has 0 fully saturated rings. The van der Waals surface area contributed by atoms with Crippen LogP contribution in [0.15, 0.2) is 156 Å². The van der Waals surface area contributed by atoms with Crippen LogP contribution in [0.4, 0.5) is 0 Å². The van der Waals surface area contributed by atoms with Crippen molar-refractivity contribution in [3.05, 3.63) is 152 Å². The van der Waals surface area contributed by atoms with E-state index < -0.39 is 0 Å². The number of fused-ring (bicyclic) bond motifs is 7. The number of hydrogen-bond acceptors (Lipinski definition) is 5. The highest BCUT2D eigenvalue weighted by molar-refractivity contribution is 7.26. The summed E-state index contributed by atoms with van der Waals surface area (Å²) in [4.78, 5) is 15.5. The van der Waals surface area contributed by atoms with Crippen molar-refractivity contribution in [1.82, 2.24) is 15.0 Å². The molecule has 0 radical (unpaired) electrons. The van der Waals surface area contributed by atoms with Gasteiger partial charge in [0.2, 0.25) is 0 Å². The molecule has 0 bridgehead atoms. The van der Waals surface area contributed by atoms with Crippen LogP contribution in [0.2, 0.25) is 0 Å². The number of furan rings is 1. The van der Waals surface area contributed by atoms with Gasteiger partial charge in [-0.1, -0.05) is 115 Å². The van der Waals surface area contributed by atoms with E-state index in [4.69, 9.17) is 19.4 Å². The molecule has 3 aromatic heterocycles.